The van der Waals surface area contributed by atoms with E-state index in [1.54, 1.807) is 0 Å². The first-order valence-corrected chi connectivity index (χ1v) is 16.9. The van der Waals surface area contributed by atoms with E-state index in [4.69, 9.17) is 0 Å². The normalized spacial score (nSPS) is 11.6. The third kappa shape index (κ3) is 9.21. The van der Waals surface area contributed by atoms with Gasteiger partial charge in [0.15, 0.2) is 0 Å². The van der Waals surface area contributed by atoms with Crippen molar-refractivity contribution < 1.29 is 0 Å². The van der Waals surface area contributed by atoms with Gasteiger partial charge in [0.2, 0.25) is 0 Å². The maximum absolute atomic E-state index is 3.75. The molecule has 0 atom stereocenters. The van der Waals surface area contributed by atoms with Crippen molar-refractivity contribution in [3.63, 3.8) is 0 Å². The zero-order valence-corrected chi connectivity index (χ0v) is 20.4. The summed E-state index contributed by atoms with van der Waals surface area (Å²) in [4.78, 5) is 0. The molecule has 0 spiro atoms. The molecule has 0 nitrogen and oxygen atoms in total. The fourth-order valence-electron chi connectivity index (χ4n) is 3.08. The van der Waals surface area contributed by atoms with Crippen molar-refractivity contribution in [1.29, 1.82) is 0 Å². The topological polar surface area (TPSA) is 0 Å². The Hall–Kier alpha value is -0.0910. The molecule has 0 aliphatic heterocycles. The van der Waals surface area contributed by atoms with Crippen LogP contribution in [0.15, 0.2) is 60.7 Å². The number of rotatable bonds is 13. The van der Waals surface area contributed by atoms with Crippen molar-refractivity contribution in [2.24, 2.45) is 0 Å². The molecule has 0 heterocycles. The van der Waals surface area contributed by atoms with Gasteiger partial charge in [0, 0.05) is 0 Å². The van der Waals surface area contributed by atoms with E-state index < -0.39 is 5.51 Å². The van der Waals surface area contributed by atoms with Gasteiger partial charge >= 0.3 is 176 Å². The SMILES string of the molecule is CCCCC[Se]CCP(=[Se])(CCc1ccccc1)CCc1ccccc1. The monoisotopic (exact) mass is 500 g/mol. The Balaban J connectivity index is 1.87. The van der Waals surface area contributed by atoms with Crippen LogP contribution >= 0.6 is 5.51 Å². The Bertz CT molecular complexity index is 592. The molecule has 0 bridgehead atoms. The molecule has 0 amide bonds. The summed E-state index contributed by atoms with van der Waals surface area (Å²) in [7, 11) is 0. The summed E-state index contributed by atoms with van der Waals surface area (Å²) in [5.74, 6) is 0. The maximum atomic E-state index is 3.75. The van der Waals surface area contributed by atoms with Crippen LogP contribution in [0.5, 0.6) is 0 Å². The van der Waals surface area contributed by atoms with Crippen molar-refractivity contribution >= 4 is 35.6 Å². The first-order valence-electron chi connectivity index (χ1n) is 9.94. The van der Waals surface area contributed by atoms with Gasteiger partial charge in [-0.1, -0.05) is 0 Å². The van der Waals surface area contributed by atoms with Gasteiger partial charge in [-0.25, -0.2) is 0 Å². The van der Waals surface area contributed by atoms with Crippen molar-refractivity contribution in [1.82, 2.24) is 0 Å². The molecule has 26 heavy (non-hydrogen) atoms. The first kappa shape index (κ1) is 22.2. The molecule has 0 fully saturated rings. The van der Waals surface area contributed by atoms with Crippen LogP contribution in [0.25, 0.3) is 0 Å². The van der Waals surface area contributed by atoms with Crippen LogP contribution in [-0.2, 0) is 12.8 Å². The molecule has 3 heteroatoms. The van der Waals surface area contributed by atoms with Crippen LogP contribution in [0.4, 0.5) is 0 Å². The summed E-state index contributed by atoms with van der Waals surface area (Å²) in [5, 5.41) is 2.96. The quantitative estimate of drug-likeness (QED) is 0.173. The van der Waals surface area contributed by atoms with E-state index >= 15 is 0 Å². The Morgan fingerprint density at radius 1 is 0.731 bits per heavy atom. The molecule has 2 aromatic rings. The number of hydrogen-bond acceptors (Lipinski definition) is 0. The van der Waals surface area contributed by atoms with Crippen LogP contribution in [0.1, 0.15) is 37.3 Å². The van der Waals surface area contributed by atoms with E-state index in [-0.39, 0.29) is 0 Å². The van der Waals surface area contributed by atoms with Gasteiger partial charge in [0.1, 0.15) is 0 Å². The molecule has 2 aromatic carbocycles. The van der Waals surface area contributed by atoms with E-state index in [0.29, 0.717) is 0 Å². The summed E-state index contributed by atoms with van der Waals surface area (Å²) in [6, 6.07) is 22.1. The van der Waals surface area contributed by atoms with Gasteiger partial charge in [-0.2, -0.15) is 0 Å². The van der Waals surface area contributed by atoms with Crippen LogP contribution in [0, 0.1) is 0 Å². The van der Waals surface area contributed by atoms with E-state index in [2.05, 4.69) is 82.7 Å². The van der Waals surface area contributed by atoms with E-state index in [1.807, 2.05) is 0 Å². The Morgan fingerprint density at radius 3 is 1.77 bits per heavy atom. The molecular weight excluding hydrogens is 465 g/mol. The van der Waals surface area contributed by atoms with E-state index in [9.17, 15) is 0 Å². The average molecular weight is 498 g/mol. The minimum atomic E-state index is -0.965. The van der Waals surface area contributed by atoms with Crippen molar-refractivity contribution in [2.75, 3.05) is 18.5 Å². The van der Waals surface area contributed by atoms with Crippen molar-refractivity contribution in [3.8, 4) is 0 Å². The summed E-state index contributed by atoms with van der Waals surface area (Å²) >= 11 is 4.61. The molecule has 0 aromatic heterocycles. The number of aryl methyl sites for hydroxylation is 2. The van der Waals surface area contributed by atoms with Crippen LogP contribution in [-0.4, -0.2) is 48.5 Å². The molecule has 0 saturated heterocycles. The predicted octanol–water partition coefficient (Wildman–Crippen LogP) is 6.30. The van der Waals surface area contributed by atoms with Crippen LogP contribution in [0.3, 0.4) is 0 Å². The number of hydrogen-bond donors (Lipinski definition) is 0. The number of benzene rings is 2. The van der Waals surface area contributed by atoms with Gasteiger partial charge < -0.3 is 0 Å². The zero-order valence-electron chi connectivity index (χ0n) is 16.1. The molecule has 2 rings (SSSR count). The van der Waals surface area contributed by atoms with E-state index in [0.717, 1.165) is 15.0 Å². The molecule has 0 unspecified atom stereocenters. The van der Waals surface area contributed by atoms with Crippen molar-refractivity contribution in [3.05, 3.63) is 71.8 Å². The summed E-state index contributed by atoms with van der Waals surface area (Å²) in [6.07, 6.45) is 10.9. The second-order valence-electron chi connectivity index (χ2n) is 7.02. The Labute approximate surface area is 174 Å². The van der Waals surface area contributed by atoms with Crippen LogP contribution < -0.4 is 0 Å². The molecule has 142 valence electrons. The Morgan fingerprint density at radius 2 is 1.27 bits per heavy atom. The minimum absolute atomic E-state index is 0.851. The second kappa shape index (κ2) is 13.1. The van der Waals surface area contributed by atoms with Gasteiger partial charge in [-0.05, 0) is 0 Å². The third-order valence-electron chi connectivity index (χ3n) is 4.84. The molecule has 0 radical (unpaired) electrons. The zero-order chi connectivity index (χ0) is 18.5. The standard InChI is InChI=1S/C23H33PSe2/c1-2-3-10-20-26-21-19-24(25,17-15-22-11-6-4-7-12-22)18-16-23-13-8-5-9-14-23/h4-9,11-14H,2-3,10,15-21H2,1H3. The fraction of sp³-hybridized carbons (Fsp3) is 0.478. The number of unbranched alkanes of at least 4 members (excludes halogenated alkanes) is 2. The molecular formula is C23H33PSe2. The Kier molecular flexibility index (Phi) is 11.2. The average Bonchev–Trinajstić information content (AvgIpc) is 2.69. The summed E-state index contributed by atoms with van der Waals surface area (Å²) < 4.78 is 0. The molecule has 0 aliphatic rings. The first-order chi connectivity index (χ1) is 12.7. The second-order valence-corrected chi connectivity index (χ2v) is 17.9. The molecule has 0 aliphatic carbocycles. The van der Waals surface area contributed by atoms with Crippen LogP contribution in [0.2, 0.25) is 10.6 Å². The third-order valence-corrected chi connectivity index (χ3v) is 14.3. The summed E-state index contributed by atoms with van der Waals surface area (Å²) in [5.41, 5.74) is 2.04. The van der Waals surface area contributed by atoms with E-state index in [1.165, 1.54) is 72.4 Å². The van der Waals surface area contributed by atoms with Gasteiger partial charge in [-0.15, -0.1) is 0 Å². The van der Waals surface area contributed by atoms with Gasteiger partial charge in [0.05, 0.1) is 0 Å². The molecule has 0 N–H and O–H groups in total. The van der Waals surface area contributed by atoms with Gasteiger partial charge in [-0.3, -0.25) is 0 Å². The fourth-order valence-corrected chi connectivity index (χ4v) is 13.3. The molecule has 0 saturated carbocycles. The predicted molar refractivity (Wildman–Crippen MR) is 122 cm³/mol. The van der Waals surface area contributed by atoms with Gasteiger partial charge in [0.25, 0.3) is 0 Å². The van der Waals surface area contributed by atoms with Crippen molar-refractivity contribution in [2.45, 2.75) is 49.7 Å². The summed E-state index contributed by atoms with van der Waals surface area (Å²) in [6.45, 7) is 2.30.